The van der Waals surface area contributed by atoms with Gasteiger partial charge in [-0.1, -0.05) is 0 Å². The molecule has 0 spiro atoms. The molecule has 0 saturated carbocycles. The molecule has 0 N–H and O–H groups in total. The van der Waals surface area contributed by atoms with Crippen LogP contribution in [0.25, 0.3) is 0 Å². The molecule has 2 aromatic rings. The lowest BCUT2D eigenvalue weighted by atomic mass is 10.3. The number of carbonyl (C=O) groups is 3. The Morgan fingerprint density at radius 3 is 1.77 bits per heavy atom. The van der Waals surface area contributed by atoms with Gasteiger partial charge in [0.2, 0.25) is 0 Å². The van der Waals surface area contributed by atoms with Gasteiger partial charge in [-0.2, -0.15) is 10.2 Å². The first-order valence-corrected chi connectivity index (χ1v) is 7.70. The van der Waals surface area contributed by atoms with E-state index in [0.717, 1.165) is 5.69 Å². The molecule has 0 aliphatic heterocycles. The Hall–Kier alpha value is -2.88. The number of alkyl halides is 1. The van der Waals surface area contributed by atoms with E-state index < -0.39 is 17.9 Å². The third-order valence-electron chi connectivity index (χ3n) is 3.18. The lowest BCUT2D eigenvalue weighted by Gasteiger charge is -1.96. The fourth-order valence-electron chi connectivity index (χ4n) is 1.80. The molecule has 0 aromatic carbocycles. The molecule has 0 radical (unpaired) electrons. The molecule has 10 nitrogen and oxygen atoms in total. The largest absolute Gasteiger partial charge is 0.464 e. The summed E-state index contributed by atoms with van der Waals surface area (Å²) in [5.74, 6) is -1.24. The second-order valence-electron chi connectivity index (χ2n) is 4.79. The van der Waals surface area contributed by atoms with Gasteiger partial charge in [0.15, 0.2) is 11.4 Å². The zero-order chi connectivity index (χ0) is 19.9. The maximum atomic E-state index is 11.1. The predicted molar refractivity (Wildman–Crippen MR) is 90.0 cm³/mol. The summed E-state index contributed by atoms with van der Waals surface area (Å²) in [6.45, 7) is 0. The number of esters is 3. The number of ether oxygens (including phenoxy) is 3. The summed E-state index contributed by atoms with van der Waals surface area (Å²) in [6, 6.07) is 2.93. The Bertz CT molecular complexity index is 798. The van der Waals surface area contributed by atoms with E-state index in [9.17, 15) is 14.4 Å². The minimum Gasteiger partial charge on any atom is -0.464 e. The number of hydrogen-bond acceptors (Lipinski definition) is 8. The summed E-state index contributed by atoms with van der Waals surface area (Å²) in [5, 5.41) is 7.70. The van der Waals surface area contributed by atoms with E-state index in [2.05, 4.69) is 24.4 Å². The van der Waals surface area contributed by atoms with Crippen LogP contribution in [0.3, 0.4) is 0 Å². The normalized spacial score (nSPS) is 9.77. The molecule has 0 fully saturated rings. The van der Waals surface area contributed by atoms with Gasteiger partial charge in [0.25, 0.3) is 0 Å². The first kappa shape index (κ1) is 21.2. The molecule has 2 rings (SSSR count). The highest BCUT2D eigenvalue weighted by Crippen LogP contribution is 2.07. The zero-order valence-corrected chi connectivity index (χ0v) is 15.7. The fraction of sp³-hybridized carbons (Fsp3) is 0.400. The van der Waals surface area contributed by atoms with E-state index >= 15 is 0 Å². The van der Waals surface area contributed by atoms with Gasteiger partial charge in [0.05, 0.1) is 32.9 Å². The summed E-state index contributed by atoms with van der Waals surface area (Å²) in [7, 11) is 7.09. The fourth-order valence-corrected chi connectivity index (χ4v) is 2.05. The van der Waals surface area contributed by atoms with Crippen LogP contribution in [0.2, 0.25) is 0 Å². The molecule has 0 unspecified atom stereocenters. The van der Waals surface area contributed by atoms with Crippen molar-refractivity contribution < 1.29 is 28.6 Å². The van der Waals surface area contributed by atoms with Gasteiger partial charge in [-0.05, 0) is 6.07 Å². The van der Waals surface area contributed by atoms with Gasteiger partial charge in [-0.25, -0.2) is 14.4 Å². The second-order valence-corrected chi connectivity index (χ2v) is 5.06. The highest BCUT2D eigenvalue weighted by molar-refractivity contribution is 6.17. The van der Waals surface area contributed by atoms with Gasteiger partial charge in [-0.15, -0.1) is 11.6 Å². The molecule has 142 valence electrons. The topological polar surface area (TPSA) is 115 Å². The van der Waals surface area contributed by atoms with Crippen LogP contribution >= 0.6 is 11.6 Å². The van der Waals surface area contributed by atoms with Crippen molar-refractivity contribution in [2.75, 3.05) is 21.3 Å². The second kappa shape index (κ2) is 9.56. The molecular weight excluding hydrogens is 368 g/mol. The Kier molecular flexibility index (Phi) is 7.78. The maximum absolute atomic E-state index is 11.1. The van der Waals surface area contributed by atoms with E-state index in [1.165, 1.54) is 32.1 Å². The van der Waals surface area contributed by atoms with Crippen LogP contribution < -0.4 is 0 Å². The summed E-state index contributed by atoms with van der Waals surface area (Å²) in [5.41, 5.74) is 1.36. The minimum absolute atomic E-state index is 0.0791. The van der Waals surface area contributed by atoms with Crippen molar-refractivity contribution >= 4 is 29.5 Å². The van der Waals surface area contributed by atoms with Crippen LogP contribution in [-0.4, -0.2) is 58.8 Å². The van der Waals surface area contributed by atoms with Crippen molar-refractivity contribution in [3.8, 4) is 0 Å². The van der Waals surface area contributed by atoms with Crippen molar-refractivity contribution in [2.45, 2.75) is 5.88 Å². The monoisotopic (exact) mass is 386 g/mol. The smallest absolute Gasteiger partial charge is 0.358 e. The quantitative estimate of drug-likeness (QED) is 0.433. The molecule has 11 heteroatoms. The SMILES string of the molecule is COC(=O)c1cc(C(=O)OC)n(C)n1.COC(=O)c1cc(CCl)n(C)n1. The summed E-state index contributed by atoms with van der Waals surface area (Å²) < 4.78 is 16.3. The first-order chi connectivity index (χ1) is 12.3. The number of aryl methyl sites for hydroxylation is 2. The highest BCUT2D eigenvalue weighted by Gasteiger charge is 2.17. The van der Waals surface area contributed by atoms with Crippen LogP contribution in [0.5, 0.6) is 0 Å². The maximum Gasteiger partial charge on any atom is 0.358 e. The summed E-state index contributed by atoms with van der Waals surface area (Å²) in [4.78, 5) is 33.1. The zero-order valence-electron chi connectivity index (χ0n) is 15.0. The Morgan fingerprint density at radius 1 is 0.885 bits per heavy atom. The molecule has 0 aliphatic rings. The number of nitrogens with zero attached hydrogens (tertiary/aromatic N) is 4. The van der Waals surface area contributed by atoms with Crippen LogP contribution in [0, 0.1) is 0 Å². The van der Waals surface area contributed by atoms with E-state index in [1.807, 2.05) is 0 Å². The van der Waals surface area contributed by atoms with Gasteiger partial charge in [0.1, 0.15) is 5.69 Å². The molecule has 0 saturated heterocycles. The molecule has 0 amide bonds. The van der Waals surface area contributed by atoms with E-state index in [0.29, 0.717) is 5.88 Å². The number of carbonyl (C=O) groups excluding carboxylic acids is 3. The molecule has 2 heterocycles. The van der Waals surface area contributed by atoms with Crippen LogP contribution in [0.1, 0.15) is 37.2 Å². The lowest BCUT2D eigenvalue weighted by molar-refractivity contribution is 0.0581. The number of rotatable bonds is 4. The van der Waals surface area contributed by atoms with Gasteiger partial charge in [-0.3, -0.25) is 9.36 Å². The van der Waals surface area contributed by atoms with Crippen molar-refractivity contribution in [3.63, 3.8) is 0 Å². The van der Waals surface area contributed by atoms with Crippen LogP contribution in [0.4, 0.5) is 0 Å². The Morgan fingerprint density at radius 2 is 1.35 bits per heavy atom. The van der Waals surface area contributed by atoms with Gasteiger partial charge in [0, 0.05) is 20.2 Å². The van der Waals surface area contributed by atoms with Crippen molar-refractivity contribution in [1.82, 2.24) is 19.6 Å². The molecule has 2 aromatic heterocycles. The average molecular weight is 387 g/mol. The molecule has 0 atom stereocenters. The molecular formula is C15H19ClN4O6. The Balaban J connectivity index is 0.000000263. The molecule has 0 aliphatic carbocycles. The predicted octanol–water partition coefficient (Wildman–Crippen LogP) is 0.939. The van der Waals surface area contributed by atoms with Crippen LogP contribution in [-0.2, 0) is 34.2 Å². The van der Waals surface area contributed by atoms with Crippen LogP contribution in [0.15, 0.2) is 12.1 Å². The number of hydrogen-bond donors (Lipinski definition) is 0. The summed E-state index contributed by atoms with van der Waals surface area (Å²) in [6.07, 6.45) is 0. The number of halogens is 1. The third-order valence-corrected chi connectivity index (χ3v) is 3.45. The number of methoxy groups -OCH3 is 3. The standard InChI is InChI=1S/C8H10N2O4.C7H9ClN2O2/c1-10-6(8(12)14-3)4-5(9-10)7(11)13-2;1-10-5(4-8)3-6(9-10)7(11)12-2/h4H,1-3H3;3H,4H2,1-2H3. The third kappa shape index (κ3) is 5.06. The van der Waals surface area contributed by atoms with Crippen molar-refractivity contribution in [3.05, 3.63) is 34.9 Å². The lowest BCUT2D eigenvalue weighted by Crippen LogP contribution is -2.08. The van der Waals surface area contributed by atoms with Crippen molar-refractivity contribution in [1.29, 1.82) is 0 Å². The molecule has 0 bridgehead atoms. The average Bonchev–Trinajstić information content (AvgIpc) is 3.22. The Labute approximate surface area is 154 Å². The van der Waals surface area contributed by atoms with E-state index in [1.54, 1.807) is 24.8 Å². The van der Waals surface area contributed by atoms with Gasteiger partial charge >= 0.3 is 17.9 Å². The molecule has 26 heavy (non-hydrogen) atoms. The van der Waals surface area contributed by atoms with E-state index in [4.69, 9.17) is 11.6 Å². The summed E-state index contributed by atoms with van der Waals surface area (Å²) >= 11 is 5.58. The highest BCUT2D eigenvalue weighted by atomic mass is 35.5. The number of aromatic nitrogens is 4. The van der Waals surface area contributed by atoms with Gasteiger partial charge < -0.3 is 14.2 Å². The van der Waals surface area contributed by atoms with Crippen molar-refractivity contribution in [2.24, 2.45) is 14.1 Å². The minimum atomic E-state index is -0.587. The first-order valence-electron chi connectivity index (χ1n) is 7.16. The van der Waals surface area contributed by atoms with E-state index in [-0.39, 0.29) is 17.1 Å².